The van der Waals surface area contributed by atoms with Crippen LogP contribution in [0.5, 0.6) is 5.75 Å². The van der Waals surface area contributed by atoms with Gasteiger partial charge in [-0.1, -0.05) is 26.8 Å². The Morgan fingerprint density at radius 3 is 2.65 bits per heavy atom. The quantitative estimate of drug-likeness (QED) is 0.678. The Labute approximate surface area is 203 Å². The monoisotopic (exact) mass is 465 g/mol. The van der Waals surface area contributed by atoms with Gasteiger partial charge in [-0.25, -0.2) is 0 Å². The number of carbonyl (C=O) groups is 1. The summed E-state index contributed by atoms with van der Waals surface area (Å²) in [7, 11) is 4.48. The first-order chi connectivity index (χ1) is 16.0. The van der Waals surface area contributed by atoms with Crippen molar-refractivity contribution in [3.63, 3.8) is 0 Å². The van der Waals surface area contributed by atoms with Gasteiger partial charge in [0.05, 0.1) is 37.2 Å². The van der Waals surface area contributed by atoms with Crippen molar-refractivity contribution >= 4 is 5.91 Å². The Morgan fingerprint density at radius 2 is 2.00 bits per heavy atom. The number of primary amides is 1. The molecule has 2 spiro atoms. The molecule has 184 valence electrons. The molecular weight excluding hydrogens is 424 g/mol. The molecule has 5 nitrogen and oxygen atoms in total. The lowest BCUT2D eigenvalue weighted by Gasteiger charge is -2.75. The molecule has 1 aromatic rings. The lowest BCUT2D eigenvalue weighted by Crippen LogP contribution is -2.84. The van der Waals surface area contributed by atoms with Crippen molar-refractivity contribution in [1.82, 2.24) is 0 Å². The molecule has 2 heterocycles. The predicted molar refractivity (Wildman–Crippen MR) is 131 cm³/mol. The van der Waals surface area contributed by atoms with Crippen molar-refractivity contribution in [2.45, 2.75) is 88.9 Å². The number of amides is 1. The van der Waals surface area contributed by atoms with Crippen molar-refractivity contribution in [2.75, 3.05) is 27.2 Å². The summed E-state index contributed by atoms with van der Waals surface area (Å²) in [5.41, 5.74) is 9.12. The lowest BCUT2D eigenvalue weighted by molar-refractivity contribution is -0.952. The van der Waals surface area contributed by atoms with E-state index >= 15 is 0 Å². The van der Waals surface area contributed by atoms with Gasteiger partial charge < -0.3 is 19.7 Å². The number of carbonyl (C=O) groups excluding carboxylic acids is 1. The van der Waals surface area contributed by atoms with Gasteiger partial charge >= 0.3 is 0 Å². The van der Waals surface area contributed by atoms with Gasteiger partial charge in [0.2, 0.25) is 0 Å². The van der Waals surface area contributed by atoms with Crippen LogP contribution in [0.1, 0.15) is 80.8 Å². The van der Waals surface area contributed by atoms with Crippen LogP contribution in [0, 0.1) is 22.7 Å². The maximum absolute atomic E-state index is 12.5. The number of hydrogen-bond acceptors (Lipinski definition) is 3. The van der Waals surface area contributed by atoms with E-state index in [1.165, 1.54) is 54.4 Å². The molecule has 1 aromatic carbocycles. The zero-order chi connectivity index (χ0) is 23.9. The summed E-state index contributed by atoms with van der Waals surface area (Å²) in [6, 6.07) is 4.75. The molecule has 4 bridgehead atoms. The van der Waals surface area contributed by atoms with E-state index in [1.54, 1.807) is 0 Å². The van der Waals surface area contributed by atoms with E-state index in [9.17, 15) is 4.79 Å². The van der Waals surface area contributed by atoms with Crippen molar-refractivity contribution in [2.24, 2.45) is 28.4 Å². The van der Waals surface area contributed by atoms with E-state index in [1.807, 2.05) is 13.2 Å². The van der Waals surface area contributed by atoms with Gasteiger partial charge in [-0.3, -0.25) is 4.79 Å². The summed E-state index contributed by atoms with van der Waals surface area (Å²) in [6.45, 7) is 9.69. The van der Waals surface area contributed by atoms with Gasteiger partial charge in [0.1, 0.15) is 17.5 Å². The highest BCUT2D eigenvalue weighted by Gasteiger charge is 2.83. The Hall–Kier alpha value is -1.59. The van der Waals surface area contributed by atoms with Gasteiger partial charge in [-0.15, -0.1) is 0 Å². The van der Waals surface area contributed by atoms with Crippen LogP contribution >= 0.6 is 0 Å². The van der Waals surface area contributed by atoms with E-state index in [2.05, 4.69) is 33.9 Å². The molecular formula is C29H41N2O3+. The zero-order valence-electron chi connectivity index (χ0n) is 21.6. The number of likely N-dealkylation sites (N-methyl/N-ethyl adjacent to an activating group) is 1. The van der Waals surface area contributed by atoms with Crippen LogP contribution in [-0.4, -0.2) is 55.4 Å². The number of nitrogens with zero attached hydrogens (tertiary/aromatic N) is 1. The second kappa shape index (κ2) is 6.21. The van der Waals surface area contributed by atoms with Gasteiger partial charge in [-0.2, -0.15) is 0 Å². The lowest BCUT2D eigenvalue weighted by atomic mass is 9.33. The van der Waals surface area contributed by atoms with E-state index in [0.717, 1.165) is 30.9 Å². The molecule has 8 rings (SSSR count). The maximum Gasteiger partial charge on any atom is 0.252 e. The predicted octanol–water partition coefficient (Wildman–Crippen LogP) is 4.20. The summed E-state index contributed by atoms with van der Waals surface area (Å²) in [5.74, 6) is 1.75. The van der Waals surface area contributed by atoms with E-state index in [4.69, 9.17) is 15.2 Å². The van der Waals surface area contributed by atoms with Gasteiger partial charge in [0, 0.05) is 36.8 Å². The van der Waals surface area contributed by atoms with Crippen LogP contribution in [0.25, 0.3) is 0 Å². The highest BCUT2D eigenvalue weighted by molar-refractivity contribution is 5.97. The Kier molecular flexibility index (Phi) is 3.96. The van der Waals surface area contributed by atoms with E-state index in [0.29, 0.717) is 17.5 Å². The molecule has 7 aliphatic rings. The van der Waals surface area contributed by atoms with Gasteiger partial charge in [0.15, 0.2) is 0 Å². The number of ether oxygens (including phenoxy) is 2. The standard InChI is InChI=1S/C29H40N2O3/c1-26(2,3)20-15-27-10-11-29(20,33-5)25-28(27)12-13-31(4,16-17-6-7-17)21(27)14-18-8-9-19(24(30)32)23(34-25)22(18)28/h8-9,17,20-21,25H,6-7,10-16H2,1-5H3,(H-,30,32)/p+1/t20-,21-,25-,27-,28+,29-,31-/m1/s1. The molecule has 1 saturated heterocycles. The van der Waals surface area contributed by atoms with Crippen LogP contribution in [0.15, 0.2) is 12.1 Å². The molecule has 5 fully saturated rings. The molecule has 0 radical (unpaired) electrons. The minimum absolute atomic E-state index is 0.0385. The summed E-state index contributed by atoms with van der Waals surface area (Å²) in [6.07, 6.45) is 8.45. The highest BCUT2D eigenvalue weighted by Crippen LogP contribution is 2.78. The number of hydrogen-bond donors (Lipinski definition) is 1. The number of quaternary nitrogens is 1. The third kappa shape index (κ3) is 2.24. The van der Waals surface area contributed by atoms with Gasteiger partial charge in [-0.05, 0) is 55.1 Å². The van der Waals surface area contributed by atoms with Crippen LogP contribution in [-0.2, 0) is 16.6 Å². The van der Waals surface area contributed by atoms with Crippen molar-refractivity contribution in [3.8, 4) is 5.75 Å². The SMILES string of the molecule is CO[C@]12CC[C@@]3(C[C@@H]1C(C)(C)C)[C@H]1Cc4ccc(C(N)=O)c5c4[C@@]3(CC[N@+]1(C)CC1CC1)[C@H]2O5. The summed E-state index contributed by atoms with van der Waals surface area (Å²) < 4.78 is 14.9. The second-order valence-electron chi connectivity index (χ2n) is 14.0. The molecule has 0 unspecified atom stereocenters. The third-order valence-corrected chi connectivity index (χ3v) is 11.7. The maximum atomic E-state index is 12.5. The van der Waals surface area contributed by atoms with E-state index < -0.39 is 0 Å². The number of likely N-dealkylation sites (tertiary alicyclic amines) is 1. The molecule has 1 amide bonds. The Bertz CT molecular complexity index is 1110. The van der Waals surface area contributed by atoms with Crippen molar-refractivity contribution in [1.29, 1.82) is 0 Å². The highest BCUT2D eigenvalue weighted by atomic mass is 16.6. The summed E-state index contributed by atoms with van der Waals surface area (Å²) in [5, 5.41) is 0. The molecule has 5 heteroatoms. The number of rotatable bonds is 4. The normalized spacial score (nSPS) is 45.6. The summed E-state index contributed by atoms with van der Waals surface area (Å²) >= 11 is 0. The Balaban J connectivity index is 1.52. The van der Waals surface area contributed by atoms with Crippen LogP contribution < -0.4 is 10.5 Å². The molecule has 2 aliphatic heterocycles. The molecule has 0 aromatic heterocycles. The van der Waals surface area contributed by atoms with E-state index in [-0.39, 0.29) is 33.9 Å². The fourth-order valence-electron chi connectivity index (χ4n) is 10.3. The molecule has 2 N–H and O–H groups in total. The number of benzene rings is 1. The fourth-order valence-corrected chi connectivity index (χ4v) is 10.3. The van der Waals surface area contributed by atoms with Crippen molar-refractivity contribution in [3.05, 3.63) is 28.8 Å². The minimum atomic E-state index is -0.375. The zero-order valence-corrected chi connectivity index (χ0v) is 21.6. The molecule has 4 saturated carbocycles. The van der Waals surface area contributed by atoms with Crippen LogP contribution in [0.4, 0.5) is 0 Å². The number of piperidine rings is 1. The number of methoxy groups -OCH3 is 1. The van der Waals surface area contributed by atoms with Crippen LogP contribution in [0.2, 0.25) is 0 Å². The fraction of sp³-hybridized carbons (Fsp3) is 0.759. The second-order valence-corrected chi connectivity index (χ2v) is 14.0. The first-order valence-corrected chi connectivity index (χ1v) is 13.5. The smallest absolute Gasteiger partial charge is 0.252 e. The molecule has 5 aliphatic carbocycles. The molecule has 34 heavy (non-hydrogen) atoms. The molecule has 7 atom stereocenters. The number of nitrogens with two attached hydrogens (primary N) is 1. The largest absolute Gasteiger partial charge is 0.485 e. The van der Waals surface area contributed by atoms with Crippen molar-refractivity contribution < 1.29 is 18.8 Å². The first-order valence-electron chi connectivity index (χ1n) is 13.5. The average Bonchev–Trinajstić information content (AvgIpc) is 3.51. The number of fused-ring (bicyclic) bond motifs is 2. The first kappa shape index (κ1) is 21.7. The topological polar surface area (TPSA) is 61.5 Å². The minimum Gasteiger partial charge on any atom is -0.485 e. The van der Waals surface area contributed by atoms with Crippen LogP contribution in [0.3, 0.4) is 0 Å². The Morgan fingerprint density at radius 1 is 1.24 bits per heavy atom. The van der Waals surface area contributed by atoms with Gasteiger partial charge in [0.25, 0.3) is 5.91 Å². The average molecular weight is 466 g/mol. The summed E-state index contributed by atoms with van der Waals surface area (Å²) in [4.78, 5) is 12.5. The third-order valence-electron chi connectivity index (χ3n) is 11.7.